The molecule has 0 heterocycles. The van der Waals surface area contributed by atoms with E-state index < -0.39 is 6.10 Å². The molecule has 0 fully saturated rings. The van der Waals surface area contributed by atoms with Crippen molar-refractivity contribution in [2.45, 2.75) is 13.0 Å². The smallest absolute Gasteiger partial charge is 0.251 e. The summed E-state index contributed by atoms with van der Waals surface area (Å²) in [5, 5.41) is 14.6. The Labute approximate surface area is 99.8 Å². The van der Waals surface area contributed by atoms with Gasteiger partial charge in [-0.3, -0.25) is 4.79 Å². The van der Waals surface area contributed by atoms with Gasteiger partial charge in [-0.15, -0.1) is 0 Å². The van der Waals surface area contributed by atoms with E-state index >= 15 is 0 Å². The summed E-state index contributed by atoms with van der Waals surface area (Å²) < 4.78 is 12.6. The number of carbonyl (C=O) groups is 1. The molecule has 3 N–H and O–H groups in total. The van der Waals surface area contributed by atoms with Gasteiger partial charge in [0.2, 0.25) is 0 Å². The predicted octanol–water partition coefficient (Wildman–Crippen LogP) is 0.526. The number of rotatable bonds is 6. The van der Waals surface area contributed by atoms with Crippen LogP contribution in [0.2, 0.25) is 0 Å². The zero-order chi connectivity index (χ0) is 12.7. The molecule has 0 aliphatic carbocycles. The van der Waals surface area contributed by atoms with Crippen LogP contribution in [0.3, 0.4) is 0 Å². The normalized spacial score (nSPS) is 12.2. The minimum atomic E-state index is -0.400. The highest BCUT2D eigenvalue weighted by molar-refractivity contribution is 5.94. The van der Waals surface area contributed by atoms with E-state index in [1.54, 1.807) is 6.92 Å². The molecule has 0 spiro atoms. The number of aliphatic hydroxyl groups is 1. The average molecular weight is 240 g/mol. The summed E-state index contributed by atoms with van der Waals surface area (Å²) in [7, 11) is 0. The van der Waals surface area contributed by atoms with Crippen LogP contribution >= 0.6 is 0 Å². The van der Waals surface area contributed by atoms with Crippen LogP contribution in [-0.2, 0) is 0 Å². The van der Waals surface area contributed by atoms with Crippen LogP contribution in [0.25, 0.3) is 0 Å². The summed E-state index contributed by atoms with van der Waals surface area (Å²) in [5.74, 6) is -0.594. The fraction of sp³-hybridized carbons (Fsp3) is 0.417. The minimum absolute atomic E-state index is 0.233. The van der Waals surface area contributed by atoms with Gasteiger partial charge in [-0.2, -0.15) is 0 Å². The number of halogens is 1. The molecule has 0 aromatic heterocycles. The van der Waals surface area contributed by atoms with E-state index in [9.17, 15) is 9.18 Å². The van der Waals surface area contributed by atoms with E-state index in [-0.39, 0.29) is 11.7 Å². The molecular weight excluding hydrogens is 223 g/mol. The molecule has 0 aliphatic heterocycles. The third-order valence-electron chi connectivity index (χ3n) is 2.13. The number of nitrogens with one attached hydrogen (secondary N) is 2. The summed E-state index contributed by atoms with van der Waals surface area (Å²) in [4.78, 5) is 11.5. The number of hydrogen-bond acceptors (Lipinski definition) is 3. The lowest BCUT2D eigenvalue weighted by Crippen LogP contribution is -2.34. The van der Waals surface area contributed by atoms with Crippen molar-refractivity contribution < 1.29 is 14.3 Å². The van der Waals surface area contributed by atoms with Crippen molar-refractivity contribution in [2.24, 2.45) is 0 Å². The van der Waals surface area contributed by atoms with Crippen molar-refractivity contribution in [1.29, 1.82) is 0 Å². The van der Waals surface area contributed by atoms with Gasteiger partial charge in [0.1, 0.15) is 5.82 Å². The number of hydrogen-bond donors (Lipinski definition) is 3. The first-order chi connectivity index (χ1) is 8.09. The van der Waals surface area contributed by atoms with Crippen LogP contribution in [0.4, 0.5) is 4.39 Å². The molecule has 0 radical (unpaired) electrons. The maximum absolute atomic E-state index is 12.6. The Morgan fingerprint density at radius 2 is 2.00 bits per heavy atom. The molecule has 1 aromatic rings. The highest BCUT2D eigenvalue weighted by Crippen LogP contribution is 2.01. The van der Waals surface area contributed by atoms with Crippen LogP contribution in [0, 0.1) is 5.82 Å². The van der Waals surface area contributed by atoms with Crippen molar-refractivity contribution in [3.63, 3.8) is 0 Å². The molecule has 1 atom stereocenters. The molecule has 1 rings (SSSR count). The van der Waals surface area contributed by atoms with Crippen molar-refractivity contribution in [3.8, 4) is 0 Å². The highest BCUT2D eigenvalue weighted by atomic mass is 19.1. The van der Waals surface area contributed by atoms with Crippen molar-refractivity contribution in [3.05, 3.63) is 35.6 Å². The van der Waals surface area contributed by atoms with E-state index in [4.69, 9.17) is 5.11 Å². The van der Waals surface area contributed by atoms with Gasteiger partial charge in [-0.05, 0) is 31.2 Å². The largest absolute Gasteiger partial charge is 0.392 e. The summed E-state index contributed by atoms with van der Waals surface area (Å²) in [6.45, 7) is 3.22. The van der Waals surface area contributed by atoms with Crippen molar-refractivity contribution in [1.82, 2.24) is 10.6 Å². The lowest BCUT2D eigenvalue weighted by molar-refractivity contribution is 0.0953. The van der Waals surface area contributed by atoms with E-state index in [2.05, 4.69) is 10.6 Å². The Balaban J connectivity index is 2.23. The van der Waals surface area contributed by atoms with Gasteiger partial charge < -0.3 is 15.7 Å². The molecule has 0 aliphatic rings. The molecule has 94 valence electrons. The molecule has 1 aromatic carbocycles. The summed E-state index contributed by atoms with van der Waals surface area (Å²) in [6.07, 6.45) is -0.400. The van der Waals surface area contributed by atoms with Gasteiger partial charge >= 0.3 is 0 Å². The molecule has 1 unspecified atom stereocenters. The van der Waals surface area contributed by atoms with Gasteiger partial charge in [-0.1, -0.05) is 0 Å². The van der Waals surface area contributed by atoms with Gasteiger partial charge in [-0.25, -0.2) is 4.39 Å². The topological polar surface area (TPSA) is 61.4 Å². The minimum Gasteiger partial charge on any atom is -0.392 e. The summed E-state index contributed by atoms with van der Waals surface area (Å²) in [6, 6.07) is 5.38. The highest BCUT2D eigenvalue weighted by Gasteiger charge is 2.04. The maximum Gasteiger partial charge on any atom is 0.251 e. The molecule has 17 heavy (non-hydrogen) atoms. The lowest BCUT2D eigenvalue weighted by Gasteiger charge is -2.08. The predicted molar refractivity (Wildman–Crippen MR) is 63.3 cm³/mol. The van der Waals surface area contributed by atoms with E-state index in [1.807, 2.05) is 0 Å². The first-order valence-electron chi connectivity index (χ1n) is 5.52. The Kier molecular flexibility index (Phi) is 5.59. The van der Waals surface area contributed by atoms with E-state index in [1.165, 1.54) is 24.3 Å². The standard InChI is InChI=1S/C12H17FN2O2/c1-9(16)8-14-6-7-15-12(17)10-2-4-11(13)5-3-10/h2-5,9,14,16H,6-8H2,1H3,(H,15,17). The van der Waals surface area contributed by atoms with Gasteiger partial charge in [0.25, 0.3) is 5.91 Å². The fourth-order valence-electron chi connectivity index (χ4n) is 1.28. The molecule has 0 saturated heterocycles. The van der Waals surface area contributed by atoms with Crippen molar-refractivity contribution in [2.75, 3.05) is 19.6 Å². The second-order valence-corrected chi connectivity index (χ2v) is 3.82. The van der Waals surface area contributed by atoms with Gasteiger partial charge in [0, 0.05) is 25.2 Å². The third-order valence-corrected chi connectivity index (χ3v) is 2.13. The van der Waals surface area contributed by atoms with Gasteiger partial charge in [0.05, 0.1) is 6.10 Å². The number of aliphatic hydroxyl groups excluding tert-OH is 1. The Morgan fingerprint density at radius 1 is 1.35 bits per heavy atom. The quantitative estimate of drug-likeness (QED) is 0.635. The first-order valence-corrected chi connectivity index (χ1v) is 5.52. The molecule has 0 bridgehead atoms. The lowest BCUT2D eigenvalue weighted by atomic mass is 10.2. The Morgan fingerprint density at radius 3 is 2.59 bits per heavy atom. The molecule has 5 heteroatoms. The zero-order valence-electron chi connectivity index (χ0n) is 9.74. The summed E-state index contributed by atoms with van der Waals surface area (Å²) >= 11 is 0. The van der Waals surface area contributed by atoms with Crippen molar-refractivity contribution >= 4 is 5.91 Å². The molecular formula is C12H17FN2O2. The molecule has 4 nitrogen and oxygen atoms in total. The third kappa shape index (κ3) is 5.42. The molecule has 1 amide bonds. The van der Waals surface area contributed by atoms with Crippen LogP contribution in [0.15, 0.2) is 24.3 Å². The number of amides is 1. The maximum atomic E-state index is 12.6. The fourth-order valence-corrected chi connectivity index (χ4v) is 1.28. The summed E-state index contributed by atoms with van der Waals surface area (Å²) in [5.41, 5.74) is 0.432. The SMILES string of the molecule is CC(O)CNCCNC(=O)c1ccc(F)cc1. The zero-order valence-corrected chi connectivity index (χ0v) is 9.74. The second kappa shape index (κ2) is 6.98. The average Bonchev–Trinajstić information content (AvgIpc) is 2.29. The Bertz CT molecular complexity index is 352. The van der Waals surface area contributed by atoms with Crippen LogP contribution in [-0.4, -0.2) is 36.8 Å². The van der Waals surface area contributed by atoms with E-state index in [0.717, 1.165) is 0 Å². The van der Waals surface area contributed by atoms with Crippen LogP contribution in [0.5, 0.6) is 0 Å². The number of carbonyl (C=O) groups excluding carboxylic acids is 1. The Hall–Kier alpha value is -1.46. The van der Waals surface area contributed by atoms with Gasteiger partial charge in [0.15, 0.2) is 0 Å². The van der Waals surface area contributed by atoms with Crippen LogP contribution < -0.4 is 10.6 Å². The first kappa shape index (κ1) is 13.6. The second-order valence-electron chi connectivity index (χ2n) is 3.82. The molecule has 0 saturated carbocycles. The number of benzene rings is 1. The van der Waals surface area contributed by atoms with Crippen LogP contribution in [0.1, 0.15) is 17.3 Å². The van der Waals surface area contributed by atoms with E-state index in [0.29, 0.717) is 25.2 Å². The monoisotopic (exact) mass is 240 g/mol.